The number of hydrogen-bond donors (Lipinski definition) is 1. The first-order valence-electron chi connectivity index (χ1n) is 14.0. The van der Waals surface area contributed by atoms with E-state index in [4.69, 9.17) is 4.74 Å². The zero-order valence-electron chi connectivity index (χ0n) is 24.3. The summed E-state index contributed by atoms with van der Waals surface area (Å²) < 4.78 is 76.2. The van der Waals surface area contributed by atoms with Crippen LogP contribution in [0.25, 0.3) is 11.1 Å². The number of amides is 1. The van der Waals surface area contributed by atoms with Crippen molar-refractivity contribution in [3.8, 4) is 11.1 Å². The van der Waals surface area contributed by atoms with Gasteiger partial charge in [-0.15, -0.1) is 0 Å². The third-order valence-corrected chi connectivity index (χ3v) is 7.82. The molecule has 1 N–H and O–H groups in total. The van der Waals surface area contributed by atoms with Crippen molar-refractivity contribution in [2.75, 3.05) is 54.9 Å². The summed E-state index contributed by atoms with van der Waals surface area (Å²) in [4.78, 5) is 28.1. The van der Waals surface area contributed by atoms with Crippen LogP contribution in [0.2, 0.25) is 0 Å². The van der Waals surface area contributed by atoms with Crippen molar-refractivity contribution in [2.24, 2.45) is 0 Å². The SMILES string of the molecule is CC1CN(c2ncc(-c3cc(NC(=O)c4ccc(F)cc4C(F)(F)F)c(N4CCN(C)C(C)C4)cc3F)cn2)CC(C)O1. The van der Waals surface area contributed by atoms with Gasteiger partial charge in [0.2, 0.25) is 5.95 Å². The molecule has 8 nitrogen and oxygen atoms in total. The van der Waals surface area contributed by atoms with E-state index in [1.54, 1.807) is 0 Å². The van der Waals surface area contributed by atoms with Crippen molar-refractivity contribution in [3.05, 3.63) is 65.5 Å². The summed E-state index contributed by atoms with van der Waals surface area (Å²) in [5.41, 5.74) is -1.35. The van der Waals surface area contributed by atoms with Gasteiger partial charge in [-0.05, 0) is 58.2 Å². The van der Waals surface area contributed by atoms with Crippen molar-refractivity contribution in [1.29, 1.82) is 0 Å². The molecule has 230 valence electrons. The van der Waals surface area contributed by atoms with Gasteiger partial charge in [-0.1, -0.05) is 0 Å². The van der Waals surface area contributed by atoms with E-state index >= 15 is 4.39 Å². The van der Waals surface area contributed by atoms with Crippen molar-refractivity contribution in [2.45, 2.75) is 45.2 Å². The Labute approximate surface area is 246 Å². The van der Waals surface area contributed by atoms with Gasteiger partial charge in [-0.25, -0.2) is 18.7 Å². The van der Waals surface area contributed by atoms with Crippen LogP contribution in [0.4, 0.5) is 39.3 Å². The fourth-order valence-corrected chi connectivity index (χ4v) is 5.52. The second-order valence-electron chi connectivity index (χ2n) is 11.2. The van der Waals surface area contributed by atoms with Crippen LogP contribution in [0.15, 0.2) is 42.7 Å². The highest BCUT2D eigenvalue weighted by atomic mass is 19.4. The molecule has 3 unspecified atom stereocenters. The fraction of sp³-hybridized carbons (Fsp3) is 0.433. The number of carbonyl (C=O) groups excluding carboxylic acids is 1. The van der Waals surface area contributed by atoms with Crippen LogP contribution >= 0.6 is 0 Å². The van der Waals surface area contributed by atoms with Gasteiger partial charge in [0.25, 0.3) is 5.91 Å². The lowest BCUT2D eigenvalue weighted by molar-refractivity contribution is -0.138. The van der Waals surface area contributed by atoms with E-state index in [0.29, 0.717) is 49.9 Å². The van der Waals surface area contributed by atoms with Crippen LogP contribution in [-0.4, -0.2) is 78.8 Å². The highest BCUT2D eigenvalue weighted by molar-refractivity contribution is 6.07. The number of piperazine rings is 1. The summed E-state index contributed by atoms with van der Waals surface area (Å²) in [7, 11) is 1.96. The number of rotatable bonds is 5. The first kappa shape index (κ1) is 30.6. The Morgan fingerprint density at radius 2 is 1.63 bits per heavy atom. The number of halogens is 5. The number of ether oxygens (including phenoxy) is 1. The standard InChI is InChI=1S/C30H33F5N6O2/c1-17-14-40(8-7-39(17)4)27-11-25(32)23(20-12-36-29(37-13-20)41-15-18(2)43-19(3)16-41)10-26(27)38-28(42)22-6-5-21(31)9-24(22)30(33,34)35/h5-6,9-13,17-19H,7-8,14-16H2,1-4H3,(H,38,42). The predicted molar refractivity (Wildman–Crippen MR) is 153 cm³/mol. The Morgan fingerprint density at radius 1 is 0.953 bits per heavy atom. The Kier molecular flexibility index (Phi) is 8.57. The number of carbonyl (C=O) groups is 1. The lowest BCUT2D eigenvalue weighted by Gasteiger charge is -2.39. The molecule has 0 aliphatic carbocycles. The van der Waals surface area contributed by atoms with E-state index in [9.17, 15) is 22.4 Å². The number of nitrogens with one attached hydrogen (secondary N) is 1. The normalized spacial score (nSPS) is 21.7. The van der Waals surface area contributed by atoms with E-state index in [1.807, 2.05) is 37.6 Å². The van der Waals surface area contributed by atoms with Crippen molar-refractivity contribution in [1.82, 2.24) is 14.9 Å². The Bertz CT molecular complexity index is 1480. The van der Waals surface area contributed by atoms with Gasteiger partial charge in [-0.2, -0.15) is 13.2 Å². The average Bonchev–Trinajstić information content (AvgIpc) is 2.94. The Hall–Kier alpha value is -3.84. The van der Waals surface area contributed by atoms with Crippen LogP contribution in [0, 0.1) is 11.6 Å². The number of aromatic nitrogens is 2. The number of nitrogens with zero attached hydrogens (tertiary/aromatic N) is 5. The molecule has 3 atom stereocenters. The molecule has 0 spiro atoms. The average molecular weight is 605 g/mol. The quantitative estimate of drug-likeness (QED) is 0.389. The van der Waals surface area contributed by atoms with E-state index < -0.39 is 34.8 Å². The lowest BCUT2D eigenvalue weighted by atomic mass is 10.0. The van der Waals surface area contributed by atoms with Gasteiger partial charge < -0.3 is 24.8 Å². The Morgan fingerprint density at radius 3 is 2.26 bits per heavy atom. The molecule has 1 aromatic heterocycles. The van der Waals surface area contributed by atoms with E-state index in [2.05, 4.69) is 20.2 Å². The molecule has 0 bridgehead atoms. The molecule has 5 rings (SSSR count). The minimum Gasteiger partial charge on any atom is -0.372 e. The zero-order valence-corrected chi connectivity index (χ0v) is 24.3. The smallest absolute Gasteiger partial charge is 0.372 e. The minimum absolute atomic E-state index is 0.0144. The molecule has 3 heterocycles. The van der Waals surface area contributed by atoms with Crippen LogP contribution < -0.4 is 15.1 Å². The molecule has 2 aliphatic rings. The number of anilines is 3. The lowest BCUT2D eigenvalue weighted by Crippen LogP contribution is -2.50. The van der Waals surface area contributed by atoms with Crippen LogP contribution in [0.1, 0.15) is 36.7 Å². The molecular formula is C30H33F5N6O2. The summed E-state index contributed by atoms with van der Waals surface area (Å²) in [6.07, 6.45) is -2.06. The summed E-state index contributed by atoms with van der Waals surface area (Å²) in [6, 6.07) is 4.59. The minimum atomic E-state index is -4.96. The summed E-state index contributed by atoms with van der Waals surface area (Å²) >= 11 is 0. The number of likely N-dealkylation sites (N-methyl/N-ethyl adjacent to an activating group) is 1. The number of alkyl halides is 3. The topological polar surface area (TPSA) is 73.8 Å². The molecule has 1 amide bonds. The molecule has 2 aliphatic heterocycles. The molecular weight excluding hydrogens is 571 g/mol. The van der Waals surface area contributed by atoms with Gasteiger partial charge in [0.05, 0.1) is 34.7 Å². The van der Waals surface area contributed by atoms with Gasteiger partial charge in [0.1, 0.15) is 11.6 Å². The van der Waals surface area contributed by atoms with E-state index in [1.165, 1.54) is 24.5 Å². The van der Waals surface area contributed by atoms with Gasteiger partial charge >= 0.3 is 6.18 Å². The van der Waals surface area contributed by atoms with Gasteiger partial charge in [-0.3, -0.25) is 4.79 Å². The van der Waals surface area contributed by atoms with Crippen molar-refractivity contribution < 1.29 is 31.5 Å². The van der Waals surface area contributed by atoms with Crippen molar-refractivity contribution in [3.63, 3.8) is 0 Å². The van der Waals surface area contributed by atoms with Crippen LogP contribution in [-0.2, 0) is 10.9 Å². The fourth-order valence-electron chi connectivity index (χ4n) is 5.52. The molecule has 3 aromatic rings. The maximum absolute atomic E-state index is 15.7. The van der Waals surface area contributed by atoms with Gasteiger partial charge in [0.15, 0.2) is 0 Å². The molecule has 2 saturated heterocycles. The Balaban J connectivity index is 1.52. The third kappa shape index (κ3) is 6.72. The first-order valence-corrected chi connectivity index (χ1v) is 14.0. The van der Waals surface area contributed by atoms with E-state index in [-0.39, 0.29) is 35.6 Å². The highest BCUT2D eigenvalue weighted by Gasteiger charge is 2.36. The summed E-state index contributed by atoms with van der Waals surface area (Å²) in [6.45, 7) is 8.74. The second kappa shape index (κ2) is 12.0. The second-order valence-corrected chi connectivity index (χ2v) is 11.2. The molecule has 13 heteroatoms. The van der Waals surface area contributed by atoms with E-state index in [0.717, 1.165) is 12.1 Å². The summed E-state index contributed by atoms with van der Waals surface area (Å²) in [5.74, 6) is -2.37. The van der Waals surface area contributed by atoms with Crippen LogP contribution in [0.5, 0.6) is 0 Å². The monoisotopic (exact) mass is 604 g/mol. The molecule has 2 aromatic carbocycles. The van der Waals surface area contributed by atoms with Crippen molar-refractivity contribution >= 4 is 23.2 Å². The third-order valence-electron chi connectivity index (χ3n) is 7.82. The first-order chi connectivity index (χ1) is 20.3. The molecule has 0 radical (unpaired) electrons. The number of benzene rings is 2. The number of morpholine rings is 1. The number of hydrogen-bond acceptors (Lipinski definition) is 7. The maximum atomic E-state index is 15.7. The van der Waals surface area contributed by atoms with Crippen LogP contribution in [0.3, 0.4) is 0 Å². The summed E-state index contributed by atoms with van der Waals surface area (Å²) in [5, 5.41) is 2.55. The maximum Gasteiger partial charge on any atom is 0.417 e. The zero-order chi connectivity index (χ0) is 31.1. The predicted octanol–water partition coefficient (Wildman–Crippen LogP) is 5.45. The largest absolute Gasteiger partial charge is 0.417 e. The highest BCUT2D eigenvalue weighted by Crippen LogP contribution is 2.37. The molecule has 43 heavy (non-hydrogen) atoms. The molecule has 0 saturated carbocycles. The molecule has 2 fully saturated rings. The van der Waals surface area contributed by atoms with Gasteiger partial charge in [0, 0.05) is 62.3 Å².